The van der Waals surface area contributed by atoms with Gasteiger partial charge in [-0.25, -0.2) is 0 Å². The Morgan fingerprint density at radius 3 is 3.07 bits per heavy atom. The van der Waals surface area contributed by atoms with Crippen molar-refractivity contribution < 1.29 is 0 Å². The average Bonchev–Trinajstić information content (AvgIpc) is 2.70. The van der Waals surface area contributed by atoms with E-state index >= 15 is 0 Å². The second-order valence-corrected chi connectivity index (χ2v) is 3.72. The number of guanidine groups is 1. The maximum Gasteiger partial charge on any atom is 0.192 e. The van der Waals surface area contributed by atoms with Gasteiger partial charge < -0.3 is 11.1 Å². The molecule has 78 valence electrons. The van der Waals surface area contributed by atoms with Crippen LogP contribution in [0.2, 0.25) is 5.02 Å². The Morgan fingerprint density at radius 1 is 1.53 bits per heavy atom. The zero-order valence-corrected chi connectivity index (χ0v) is 9.43. The molecule has 5 nitrogen and oxygen atoms in total. The molecule has 3 N–H and O–H groups in total. The zero-order valence-electron chi connectivity index (χ0n) is 7.86. The number of fused-ring (bicyclic) bond motifs is 1. The minimum atomic E-state index is 0.289. The molecule has 1 heterocycles. The van der Waals surface area contributed by atoms with Crippen LogP contribution in [0.5, 0.6) is 0 Å². The third-order valence-corrected chi connectivity index (χ3v) is 2.73. The van der Waals surface area contributed by atoms with Gasteiger partial charge in [-0.2, -0.15) is 8.75 Å². The lowest BCUT2D eigenvalue weighted by molar-refractivity contribution is 1.38. The van der Waals surface area contributed by atoms with Crippen molar-refractivity contribution >= 4 is 46.0 Å². The van der Waals surface area contributed by atoms with E-state index in [2.05, 4.69) is 19.1 Å². The minimum Gasteiger partial charge on any atom is -0.370 e. The quantitative estimate of drug-likeness (QED) is 0.589. The van der Waals surface area contributed by atoms with E-state index in [0.29, 0.717) is 16.2 Å². The highest BCUT2D eigenvalue weighted by molar-refractivity contribution is 7.00. The maximum atomic E-state index is 6.02. The van der Waals surface area contributed by atoms with E-state index in [9.17, 15) is 0 Å². The first-order chi connectivity index (χ1) is 7.22. The number of nitrogens with two attached hydrogens (primary N) is 1. The summed E-state index contributed by atoms with van der Waals surface area (Å²) in [5.41, 5.74) is 7.71. The predicted octanol–water partition coefficient (Wildman–Crippen LogP) is 1.70. The molecule has 0 saturated carbocycles. The summed E-state index contributed by atoms with van der Waals surface area (Å²) in [6.45, 7) is 0. The van der Waals surface area contributed by atoms with Crippen LogP contribution in [0.15, 0.2) is 17.1 Å². The second-order valence-electron chi connectivity index (χ2n) is 2.79. The van der Waals surface area contributed by atoms with Crippen molar-refractivity contribution in [1.82, 2.24) is 8.75 Å². The number of halogens is 1. The number of rotatable bonds is 1. The maximum absolute atomic E-state index is 6.02. The van der Waals surface area contributed by atoms with Crippen molar-refractivity contribution in [3.8, 4) is 0 Å². The van der Waals surface area contributed by atoms with Gasteiger partial charge in [0.1, 0.15) is 11.0 Å². The van der Waals surface area contributed by atoms with Crippen molar-refractivity contribution in [1.29, 1.82) is 0 Å². The summed E-state index contributed by atoms with van der Waals surface area (Å²) in [5.74, 6) is 0.289. The van der Waals surface area contributed by atoms with E-state index in [-0.39, 0.29) is 5.96 Å². The fraction of sp³-hybridized carbons (Fsp3) is 0.125. The first-order valence-corrected chi connectivity index (χ1v) is 5.23. The number of nitrogens with zero attached hydrogens (tertiary/aromatic N) is 3. The van der Waals surface area contributed by atoms with E-state index in [4.69, 9.17) is 17.3 Å². The van der Waals surface area contributed by atoms with E-state index in [1.807, 2.05) is 6.07 Å². The van der Waals surface area contributed by atoms with E-state index < -0.39 is 0 Å². The minimum absolute atomic E-state index is 0.289. The van der Waals surface area contributed by atoms with Gasteiger partial charge >= 0.3 is 0 Å². The molecule has 7 heteroatoms. The van der Waals surface area contributed by atoms with Crippen LogP contribution in [-0.2, 0) is 0 Å². The fourth-order valence-electron chi connectivity index (χ4n) is 1.13. The number of aliphatic imine (C=N–C) groups is 1. The summed E-state index contributed by atoms with van der Waals surface area (Å²) >= 11 is 7.16. The molecule has 1 aromatic heterocycles. The topological polar surface area (TPSA) is 76.2 Å². The molecule has 0 radical (unpaired) electrons. The van der Waals surface area contributed by atoms with Gasteiger partial charge in [-0.05, 0) is 12.1 Å². The molecule has 0 aliphatic carbocycles. The zero-order chi connectivity index (χ0) is 10.8. The molecule has 1 aromatic carbocycles. The molecule has 0 unspecified atom stereocenters. The third kappa shape index (κ3) is 1.86. The number of aromatic nitrogens is 2. The lowest BCUT2D eigenvalue weighted by atomic mass is 10.2. The third-order valence-electron chi connectivity index (χ3n) is 1.87. The van der Waals surface area contributed by atoms with Crippen LogP contribution < -0.4 is 11.1 Å². The van der Waals surface area contributed by atoms with Crippen LogP contribution in [0.25, 0.3) is 11.0 Å². The van der Waals surface area contributed by atoms with Crippen molar-refractivity contribution in [2.75, 3.05) is 12.4 Å². The number of hydrogen-bond donors (Lipinski definition) is 2. The largest absolute Gasteiger partial charge is 0.370 e. The average molecular weight is 242 g/mol. The molecule has 15 heavy (non-hydrogen) atoms. The van der Waals surface area contributed by atoms with Crippen molar-refractivity contribution in [2.45, 2.75) is 0 Å². The van der Waals surface area contributed by atoms with Crippen molar-refractivity contribution in [3.05, 3.63) is 17.2 Å². The van der Waals surface area contributed by atoms with Gasteiger partial charge in [0.15, 0.2) is 5.96 Å². The fourth-order valence-corrected chi connectivity index (χ4v) is 1.87. The molecule has 0 saturated heterocycles. The highest BCUT2D eigenvalue weighted by Gasteiger charge is 2.10. The van der Waals surface area contributed by atoms with Crippen LogP contribution in [0.4, 0.5) is 5.69 Å². The summed E-state index contributed by atoms with van der Waals surface area (Å²) in [4.78, 5) is 3.80. The second kappa shape index (κ2) is 4.00. The Morgan fingerprint density at radius 2 is 2.33 bits per heavy atom. The Balaban J connectivity index is 2.56. The SMILES string of the molecule is CN=C(N)Nc1c(Cl)ccc2nsnc12. The van der Waals surface area contributed by atoms with Crippen LogP contribution in [0.1, 0.15) is 0 Å². The van der Waals surface area contributed by atoms with Gasteiger partial charge in [-0.15, -0.1) is 0 Å². The monoisotopic (exact) mass is 241 g/mol. The molecule has 2 rings (SSSR count). The van der Waals surface area contributed by atoms with Gasteiger partial charge in [0.2, 0.25) is 0 Å². The molecule has 0 spiro atoms. The van der Waals surface area contributed by atoms with Gasteiger partial charge in [0.05, 0.1) is 22.4 Å². The molecule has 0 fully saturated rings. The molecule has 0 atom stereocenters. The highest BCUT2D eigenvalue weighted by atomic mass is 35.5. The standard InChI is InChI=1S/C8H8ClN5S/c1-11-8(10)12-6-4(9)2-3-5-7(6)14-15-13-5/h2-3H,1H3,(H3,10,11,12). The number of benzene rings is 1. The summed E-state index contributed by atoms with van der Waals surface area (Å²) in [5, 5.41) is 3.43. The molecule has 0 aliphatic rings. The highest BCUT2D eigenvalue weighted by Crippen LogP contribution is 2.29. The summed E-state index contributed by atoms with van der Waals surface area (Å²) in [6, 6.07) is 3.56. The number of hydrogen-bond acceptors (Lipinski definition) is 4. The summed E-state index contributed by atoms with van der Waals surface area (Å²) in [7, 11) is 1.59. The number of nitrogens with one attached hydrogen (secondary N) is 1. The predicted molar refractivity (Wildman–Crippen MR) is 63.6 cm³/mol. The van der Waals surface area contributed by atoms with Gasteiger partial charge in [0, 0.05) is 7.05 Å². The Bertz CT molecular complexity index is 521. The van der Waals surface area contributed by atoms with Crippen molar-refractivity contribution in [3.63, 3.8) is 0 Å². The lowest BCUT2D eigenvalue weighted by Crippen LogP contribution is -2.22. The molecular formula is C8H8ClN5S. The molecule has 0 amide bonds. The molecule has 0 aliphatic heterocycles. The summed E-state index contributed by atoms with van der Waals surface area (Å²) < 4.78 is 8.24. The van der Waals surface area contributed by atoms with Gasteiger partial charge in [-0.3, -0.25) is 4.99 Å². The molecular weight excluding hydrogens is 234 g/mol. The Kier molecular flexibility index (Phi) is 2.70. The van der Waals surface area contributed by atoms with Crippen LogP contribution in [-0.4, -0.2) is 21.8 Å². The first-order valence-electron chi connectivity index (χ1n) is 4.12. The van der Waals surface area contributed by atoms with E-state index in [1.54, 1.807) is 13.1 Å². The number of anilines is 1. The first kappa shape index (κ1) is 10.1. The van der Waals surface area contributed by atoms with Gasteiger partial charge in [-0.1, -0.05) is 11.6 Å². The normalized spacial score (nSPS) is 12.0. The summed E-state index contributed by atoms with van der Waals surface area (Å²) in [6.07, 6.45) is 0. The molecule has 0 bridgehead atoms. The van der Waals surface area contributed by atoms with Crippen LogP contribution in [0.3, 0.4) is 0 Å². The van der Waals surface area contributed by atoms with E-state index in [1.165, 1.54) is 0 Å². The Hall–Kier alpha value is -1.40. The van der Waals surface area contributed by atoms with Crippen molar-refractivity contribution in [2.24, 2.45) is 10.7 Å². The lowest BCUT2D eigenvalue weighted by Gasteiger charge is -2.06. The van der Waals surface area contributed by atoms with Crippen LogP contribution >= 0.6 is 23.3 Å². The molecule has 2 aromatic rings. The van der Waals surface area contributed by atoms with Gasteiger partial charge in [0.25, 0.3) is 0 Å². The van der Waals surface area contributed by atoms with Crippen LogP contribution in [0, 0.1) is 0 Å². The Labute approximate surface area is 95.3 Å². The smallest absolute Gasteiger partial charge is 0.192 e. The van der Waals surface area contributed by atoms with E-state index in [0.717, 1.165) is 17.2 Å².